The topological polar surface area (TPSA) is 73.2 Å². The van der Waals surface area contributed by atoms with Crippen LogP contribution < -0.4 is 4.74 Å². The summed E-state index contributed by atoms with van der Waals surface area (Å²) in [5, 5.41) is 23.3. The van der Waals surface area contributed by atoms with E-state index in [2.05, 4.69) is 17.1 Å². The maximum absolute atomic E-state index is 13.2. The maximum Gasteiger partial charge on any atom is 0.246 e. The van der Waals surface area contributed by atoms with Crippen molar-refractivity contribution in [2.45, 2.75) is 74.1 Å². The molecule has 6 heteroatoms. The van der Waals surface area contributed by atoms with Gasteiger partial charge in [-0.1, -0.05) is 24.3 Å². The molecule has 2 N–H and O–H groups in total. The van der Waals surface area contributed by atoms with Crippen molar-refractivity contribution in [1.82, 2.24) is 9.80 Å². The van der Waals surface area contributed by atoms with Crippen LogP contribution in [0.5, 0.6) is 11.5 Å². The van der Waals surface area contributed by atoms with Crippen LogP contribution >= 0.6 is 0 Å². The van der Waals surface area contributed by atoms with Gasteiger partial charge in [0.25, 0.3) is 0 Å². The lowest BCUT2D eigenvalue weighted by Crippen LogP contribution is -2.78. The molecule has 2 bridgehead atoms. The number of likely N-dealkylation sites (tertiary alicyclic amines) is 1. The number of amides is 1. The van der Waals surface area contributed by atoms with E-state index in [-0.39, 0.29) is 29.8 Å². The van der Waals surface area contributed by atoms with Crippen LogP contribution in [0.15, 0.2) is 48.1 Å². The summed E-state index contributed by atoms with van der Waals surface area (Å²) in [6.45, 7) is 1.98. The Morgan fingerprint density at radius 2 is 2.14 bits per heavy atom. The molecule has 2 heterocycles. The van der Waals surface area contributed by atoms with Gasteiger partial charge in [-0.3, -0.25) is 9.69 Å². The van der Waals surface area contributed by atoms with Crippen molar-refractivity contribution in [1.29, 1.82) is 0 Å². The Kier molecular flexibility index (Phi) is 4.63. The number of carbonyl (C=O) groups is 1. The summed E-state index contributed by atoms with van der Waals surface area (Å²) >= 11 is 0. The normalized spacial score (nSPS) is 36.7. The zero-order chi connectivity index (χ0) is 23.9. The maximum atomic E-state index is 13.2. The lowest BCUT2D eigenvalue weighted by molar-refractivity contribution is -0.200. The Labute approximate surface area is 206 Å². The third-order valence-corrected chi connectivity index (χ3v) is 9.79. The van der Waals surface area contributed by atoms with E-state index in [1.807, 2.05) is 25.3 Å². The first-order valence-electron chi connectivity index (χ1n) is 13.2. The van der Waals surface area contributed by atoms with Crippen LogP contribution in [0.3, 0.4) is 0 Å². The number of nitrogens with zero attached hydrogens (tertiary/aromatic N) is 2. The van der Waals surface area contributed by atoms with E-state index in [0.717, 1.165) is 49.4 Å². The van der Waals surface area contributed by atoms with Crippen molar-refractivity contribution >= 4 is 5.91 Å². The number of phenols is 1. The SMILES string of the molecule is CN(C(=O)/C=C/C1=CCC=C1)[C@H]1CC[C@@]2(O)[C@H]3Cc4ccc(O)c5c4[C@@]2(CCN3CC2CC2)[C@H]1O5. The molecule has 0 aromatic heterocycles. The highest BCUT2D eigenvalue weighted by Crippen LogP contribution is 2.66. The Balaban J connectivity index is 1.27. The number of hydrogen-bond acceptors (Lipinski definition) is 5. The number of allylic oxidation sites excluding steroid dienone is 5. The highest BCUT2D eigenvalue weighted by atomic mass is 16.5. The van der Waals surface area contributed by atoms with Crippen LogP contribution in [0.1, 0.15) is 49.7 Å². The number of aliphatic hydroxyl groups is 1. The largest absolute Gasteiger partial charge is 0.504 e. The summed E-state index contributed by atoms with van der Waals surface area (Å²) in [6, 6.07) is 3.64. The molecule has 6 aliphatic rings. The molecule has 6 nitrogen and oxygen atoms in total. The number of aromatic hydroxyl groups is 1. The molecule has 1 aromatic rings. The van der Waals surface area contributed by atoms with E-state index >= 15 is 0 Å². The van der Waals surface area contributed by atoms with Crippen molar-refractivity contribution in [2.75, 3.05) is 20.1 Å². The van der Waals surface area contributed by atoms with Gasteiger partial charge >= 0.3 is 0 Å². The van der Waals surface area contributed by atoms with Gasteiger partial charge < -0.3 is 19.8 Å². The summed E-state index contributed by atoms with van der Waals surface area (Å²) < 4.78 is 6.60. The zero-order valence-electron chi connectivity index (χ0n) is 20.3. The molecule has 2 aliphatic heterocycles. The fraction of sp³-hybridized carbons (Fsp3) is 0.552. The number of ether oxygens (including phenoxy) is 1. The van der Waals surface area contributed by atoms with E-state index in [4.69, 9.17) is 4.74 Å². The van der Waals surface area contributed by atoms with E-state index < -0.39 is 11.0 Å². The minimum Gasteiger partial charge on any atom is -0.504 e. The van der Waals surface area contributed by atoms with Gasteiger partial charge in [-0.2, -0.15) is 0 Å². The molecule has 1 spiro atoms. The van der Waals surface area contributed by atoms with Crippen LogP contribution in [0, 0.1) is 5.92 Å². The van der Waals surface area contributed by atoms with Crippen LogP contribution in [-0.2, 0) is 16.6 Å². The number of benzene rings is 1. The second kappa shape index (κ2) is 7.47. The first kappa shape index (κ1) is 21.7. The highest BCUT2D eigenvalue weighted by Gasteiger charge is 2.73. The Morgan fingerprint density at radius 3 is 2.91 bits per heavy atom. The van der Waals surface area contributed by atoms with Gasteiger partial charge in [0.2, 0.25) is 5.91 Å². The standard InChI is InChI=1S/C29H34N2O4/c1-30(24(33)11-8-18-4-2-3-5-18)21-12-13-29(34)23-16-20-9-10-22(32)26-25(20)28(29,27(21)35-26)14-15-31(23)17-19-6-7-19/h2,4-5,8-11,19,21,23,27,32,34H,3,6-7,12-17H2,1H3/b11-8+/t21-,23+,27-,28-,29+/m0/s1. The van der Waals surface area contributed by atoms with Crippen molar-refractivity contribution in [2.24, 2.45) is 5.92 Å². The molecule has 7 rings (SSSR count). The first-order chi connectivity index (χ1) is 16.9. The monoisotopic (exact) mass is 474 g/mol. The molecule has 184 valence electrons. The molecule has 0 unspecified atom stereocenters. The summed E-state index contributed by atoms with van der Waals surface area (Å²) in [7, 11) is 1.85. The third-order valence-electron chi connectivity index (χ3n) is 9.79. The predicted octanol–water partition coefficient (Wildman–Crippen LogP) is 3.23. The molecule has 1 aromatic carbocycles. The highest BCUT2D eigenvalue weighted by molar-refractivity contribution is 5.88. The minimum absolute atomic E-state index is 0.0499. The predicted molar refractivity (Wildman–Crippen MR) is 132 cm³/mol. The van der Waals surface area contributed by atoms with Gasteiger partial charge in [0.15, 0.2) is 11.5 Å². The molecular weight excluding hydrogens is 440 g/mol. The summed E-state index contributed by atoms with van der Waals surface area (Å²) in [6.07, 6.45) is 15.7. The smallest absolute Gasteiger partial charge is 0.246 e. The molecule has 3 fully saturated rings. The fourth-order valence-corrected chi connectivity index (χ4v) is 7.90. The van der Waals surface area contributed by atoms with Gasteiger partial charge in [0.05, 0.1) is 17.1 Å². The average molecular weight is 475 g/mol. The average Bonchev–Trinajstić information content (AvgIpc) is 3.36. The van der Waals surface area contributed by atoms with Crippen molar-refractivity contribution in [3.8, 4) is 11.5 Å². The molecule has 35 heavy (non-hydrogen) atoms. The Bertz CT molecular complexity index is 1180. The van der Waals surface area contributed by atoms with Gasteiger partial charge in [-0.15, -0.1) is 0 Å². The van der Waals surface area contributed by atoms with Gasteiger partial charge in [0.1, 0.15) is 6.10 Å². The van der Waals surface area contributed by atoms with Crippen LogP contribution in [0.4, 0.5) is 0 Å². The zero-order valence-corrected chi connectivity index (χ0v) is 20.3. The van der Waals surface area contributed by atoms with E-state index in [1.54, 1.807) is 17.0 Å². The van der Waals surface area contributed by atoms with Gasteiger partial charge in [-0.25, -0.2) is 0 Å². The number of likely N-dealkylation sites (N-methyl/N-ethyl adjacent to an activating group) is 1. The summed E-state index contributed by atoms with van der Waals surface area (Å²) in [4.78, 5) is 17.6. The van der Waals surface area contributed by atoms with Crippen molar-refractivity contribution in [3.63, 3.8) is 0 Å². The van der Waals surface area contributed by atoms with E-state index in [1.165, 1.54) is 18.4 Å². The number of carbonyl (C=O) groups excluding carboxylic acids is 1. The summed E-state index contributed by atoms with van der Waals surface area (Å²) in [5.74, 6) is 1.38. The van der Waals surface area contributed by atoms with Crippen LogP contribution in [0.2, 0.25) is 0 Å². The molecule has 4 aliphatic carbocycles. The van der Waals surface area contributed by atoms with E-state index in [0.29, 0.717) is 18.6 Å². The minimum atomic E-state index is -0.924. The lowest BCUT2D eigenvalue weighted by Gasteiger charge is -2.64. The summed E-state index contributed by atoms with van der Waals surface area (Å²) in [5.41, 5.74) is 1.73. The first-order valence-corrected chi connectivity index (χ1v) is 13.2. The molecule has 1 amide bonds. The third kappa shape index (κ3) is 2.93. The van der Waals surface area contributed by atoms with Gasteiger partial charge in [-0.05, 0) is 80.7 Å². The number of hydrogen-bond donors (Lipinski definition) is 2. The Hall–Kier alpha value is -2.57. The molecule has 5 atom stereocenters. The lowest BCUT2D eigenvalue weighted by atomic mass is 9.48. The van der Waals surface area contributed by atoms with Gasteiger partial charge in [0, 0.05) is 31.3 Å². The van der Waals surface area contributed by atoms with Crippen LogP contribution in [-0.4, -0.2) is 69.8 Å². The number of piperidine rings is 1. The van der Waals surface area contributed by atoms with Crippen molar-refractivity contribution in [3.05, 3.63) is 59.2 Å². The number of phenolic OH excluding ortho intramolecular Hbond substituents is 1. The molecule has 0 radical (unpaired) electrons. The molecular formula is C29H34N2O4. The second-order valence-corrected chi connectivity index (χ2v) is 11.5. The molecule has 1 saturated heterocycles. The second-order valence-electron chi connectivity index (χ2n) is 11.5. The quantitative estimate of drug-likeness (QED) is 0.641. The van der Waals surface area contributed by atoms with E-state index in [9.17, 15) is 15.0 Å². The molecule has 2 saturated carbocycles. The van der Waals surface area contributed by atoms with Crippen molar-refractivity contribution < 1.29 is 19.7 Å². The van der Waals surface area contributed by atoms with Crippen LogP contribution in [0.25, 0.3) is 0 Å². The Morgan fingerprint density at radius 1 is 1.29 bits per heavy atom. The fourth-order valence-electron chi connectivity index (χ4n) is 7.90. The number of rotatable bonds is 5.